The SMILES string of the molecule is CC(N=C(N=C(N)c1ccc(Cc2ccc(-n3c4ccccc4c4cc(-c5ccc6[nH]c7ccccc7c6c5)ccc43)cc2)cc1)c1ccccc1)c1ccccc1. The van der Waals surface area contributed by atoms with Gasteiger partial charge in [0.15, 0.2) is 5.84 Å². The summed E-state index contributed by atoms with van der Waals surface area (Å²) in [6.45, 7) is 2.08. The van der Waals surface area contributed by atoms with Crippen LogP contribution in [0.4, 0.5) is 0 Å². The maximum atomic E-state index is 6.63. The van der Waals surface area contributed by atoms with Gasteiger partial charge in [-0.2, -0.15) is 0 Å². The molecule has 0 spiro atoms. The van der Waals surface area contributed by atoms with Crippen LogP contribution < -0.4 is 5.73 Å². The molecule has 0 bridgehead atoms. The minimum Gasteiger partial charge on any atom is -0.383 e. The zero-order valence-corrected chi connectivity index (χ0v) is 32.2. The molecule has 10 aromatic rings. The molecule has 58 heavy (non-hydrogen) atoms. The lowest BCUT2D eigenvalue weighted by molar-refractivity contribution is 0.818. The first kappa shape index (κ1) is 35.0. The van der Waals surface area contributed by atoms with Crippen molar-refractivity contribution in [3.05, 3.63) is 222 Å². The van der Waals surface area contributed by atoms with Gasteiger partial charge >= 0.3 is 0 Å². The number of fused-ring (bicyclic) bond motifs is 6. The van der Waals surface area contributed by atoms with E-state index in [0.717, 1.165) is 39.8 Å². The molecule has 8 aromatic carbocycles. The molecule has 5 heteroatoms. The van der Waals surface area contributed by atoms with Crippen molar-refractivity contribution in [2.24, 2.45) is 15.7 Å². The number of hydrogen-bond donors (Lipinski definition) is 2. The second-order valence-corrected chi connectivity index (χ2v) is 15.0. The number of nitrogens with one attached hydrogen (secondary N) is 1. The van der Waals surface area contributed by atoms with Crippen LogP contribution in [0.3, 0.4) is 0 Å². The van der Waals surface area contributed by atoms with Crippen LogP contribution in [0.2, 0.25) is 0 Å². The molecule has 0 aliphatic rings. The van der Waals surface area contributed by atoms with Gasteiger partial charge in [0.2, 0.25) is 0 Å². The van der Waals surface area contributed by atoms with E-state index in [2.05, 4.69) is 162 Å². The van der Waals surface area contributed by atoms with Gasteiger partial charge < -0.3 is 15.3 Å². The van der Waals surface area contributed by atoms with Crippen LogP contribution in [0.5, 0.6) is 0 Å². The Bertz CT molecular complexity index is 3130. The largest absolute Gasteiger partial charge is 0.383 e. The van der Waals surface area contributed by atoms with Gasteiger partial charge in [-0.1, -0.05) is 146 Å². The summed E-state index contributed by atoms with van der Waals surface area (Å²) in [6.07, 6.45) is 0.806. The number of amidine groups is 2. The first-order valence-corrected chi connectivity index (χ1v) is 19.8. The number of H-pyrrole nitrogens is 1. The lowest BCUT2D eigenvalue weighted by Crippen LogP contribution is -2.16. The quantitative estimate of drug-likeness (QED) is 0.118. The fourth-order valence-corrected chi connectivity index (χ4v) is 8.17. The summed E-state index contributed by atoms with van der Waals surface area (Å²) in [4.78, 5) is 13.4. The monoisotopic (exact) mass is 747 g/mol. The average molecular weight is 748 g/mol. The lowest BCUT2D eigenvalue weighted by Gasteiger charge is -2.11. The highest BCUT2D eigenvalue weighted by Crippen LogP contribution is 2.36. The van der Waals surface area contributed by atoms with Gasteiger partial charge in [-0.25, -0.2) is 4.99 Å². The number of nitrogens with zero attached hydrogens (tertiary/aromatic N) is 3. The molecule has 2 heterocycles. The highest BCUT2D eigenvalue weighted by atomic mass is 15.0. The smallest absolute Gasteiger partial charge is 0.157 e. The Hall–Kier alpha value is -7.50. The molecule has 1 atom stereocenters. The van der Waals surface area contributed by atoms with Gasteiger partial charge in [0.05, 0.1) is 17.1 Å². The molecule has 5 nitrogen and oxygen atoms in total. The number of hydrogen-bond acceptors (Lipinski definition) is 1. The second-order valence-electron chi connectivity index (χ2n) is 15.0. The van der Waals surface area contributed by atoms with Crippen molar-refractivity contribution in [2.45, 2.75) is 19.4 Å². The number of rotatable bonds is 8. The molecule has 2 aromatic heterocycles. The van der Waals surface area contributed by atoms with Crippen LogP contribution in [-0.2, 0) is 6.42 Å². The second kappa shape index (κ2) is 14.9. The molecule has 1 unspecified atom stereocenters. The maximum Gasteiger partial charge on any atom is 0.157 e. The van der Waals surface area contributed by atoms with Crippen molar-refractivity contribution in [3.8, 4) is 16.8 Å². The number of nitrogens with two attached hydrogens (primary N) is 1. The predicted octanol–water partition coefficient (Wildman–Crippen LogP) is 12.6. The Balaban J connectivity index is 0.906. The minimum atomic E-state index is -0.0671. The Labute approximate surface area is 337 Å². The van der Waals surface area contributed by atoms with E-state index in [1.807, 2.05) is 48.5 Å². The molecule has 0 fully saturated rings. The number of para-hydroxylation sites is 2. The van der Waals surface area contributed by atoms with Crippen molar-refractivity contribution < 1.29 is 0 Å². The standard InChI is InChI=1S/C53H41N5/c1-35(38-12-4-2-5-13-38)55-53(40-14-6-3-7-15-40)57-52(54)39-24-20-36(21-25-39)32-37-22-28-43(29-23-37)58-50-19-11-9-17-45(50)47-34-42(27-31-51(47)58)41-26-30-49-46(33-41)44-16-8-10-18-48(44)56-49/h2-31,33-35,56H,32H2,1H3,(H2,54,55,57). The van der Waals surface area contributed by atoms with Crippen molar-refractivity contribution >= 4 is 55.3 Å². The van der Waals surface area contributed by atoms with Crippen LogP contribution in [0, 0.1) is 0 Å². The van der Waals surface area contributed by atoms with E-state index in [9.17, 15) is 0 Å². The van der Waals surface area contributed by atoms with Crippen molar-refractivity contribution in [3.63, 3.8) is 0 Å². The summed E-state index contributed by atoms with van der Waals surface area (Å²) >= 11 is 0. The molecule has 0 radical (unpaired) electrons. The Morgan fingerprint density at radius 3 is 1.88 bits per heavy atom. The van der Waals surface area contributed by atoms with Crippen molar-refractivity contribution in [1.29, 1.82) is 0 Å². The number of aromatic amines is 1. The Morgan fingerprint density at radius 2 is 1.12 bits per heavy atom. The fraction of sp³-hybridized carbons (Fsp3) is 0.0566. The van der Waals surface area contributed by atoms with Gasteiger partial charge in [0, 0.05) is 49.4 Å². The van der Waals surface area contributed by atoms with Gasteiger partial charge in [-0.15, -0.1) is 0 Å². The van der Waals surface area contributed by atoms with Gasteiger partial charge in [-0.3, -0.25) is 4.99 Å². The molecular weight excluding hydrogens is 707 g/mol. The van der Waals surface area contributed by atoms with E-state index in [-0.39, 0.29) is 6.04 Å². The zero-order chi connectivity index (χ0) is 39.0. The molecule has 278 valence electrons. The highest BCUT2D eigenvalue weighted by Gasteiger charge is 2.15. The summed E-state index contributed by atoms with van der Waals surface area (Å²) in [6, 6.07) is 68.4. The zero-order valence-electron chi connectivity index (χ0n) is 32.2. The van der Waals surface area contributed by atoms with E-state index in [1.165, 1.54) is 54.8 Å². The summed E-state index contributed by atoms with van der Waals surface area (Å²) in [5.74, 6) is 1.05. The molecule has 10 rings (SSSR count). The van der Waals surface area contributed by atoms with Crippen LogP contribution in [0.25, 0.3) is 60.4 Å². The van der Waals surface area contributed by atoms with Gasteiger partial charge in [0.1, 0.15) is 5.84 Å². The van der Waals surface area contributed by atoms with Crippen LogP contribution >= 0.6 is 0 Å². The maximum absolute atomic E-state index is 6.63. The van der Waals surface area contributed by atoms with Crippen molar-refractivity contribution in [1.82, 2.24) is 9.55 Å². The fourth-order valence-electron chi connectivity index (χ4n) is 8.17. The molecule has 0 amide bonds. The molecule has 0 aliphatic heterocycles. The summed E-state index contributed by atoms with van der Waals surface area (Å²) < 4.78 is 2.38. The third kappa shape index (κ3) is 6.63. The molecule has 0 saturated carbocycles. The van der Waals surface area contributed by atoms with E-state index >= 15 is 0 Å². The van der Waals surface area contributed by atoms with Crippen LogP contribution in [-0.4, -0.2) is 21.2 Å². The Kier molecular flexibility index (Phi) is 8.96. The molecule has 3 N–H and O–H groups in total. The number of benzene rings is 8. The third-order valence-corrected chi connectivity index (χ3v) is 11.2. The number of aromatic nitrogens is 2. The summed E-state index contributed by atoms with van der Waals surface area (Å²) in [5, 5.41) is 4.98. The van der Waals surface area contributed by atoms with Gasteiger partial charge in [-0.05, 0) is 89.7 Å². The normalized spacial score (nSPS) is 12.8. The lowest BCUT2D eigenvalue weighted by atomic mass is 10.0. The topological polar surface area (TPSA) is 71.5 Å². The van der Waals surface area contributed by atoms with E-state index < -0.39 is 0 Å². The molecule has 0 saturated heterocycles. The third-order valence-electron chi connectivity index (χ3n) is 11.2. The first-order chi connectivity index (χ1) is 28.6. The Morgan fingerprint density at radius 1 is 0.534 bits per heavy atom. The van der Waals surface area contributed by atoms with E-state index in [4.69, 9.17) is 15.7 Å². The highest BCUT2D eigenvalue weighted by molar-refractivity contribution is 6.12. The number of aliphatic imine (C=N–C) groups is 2. The summed E-state index contributed by atoms with van der Waals surface area (Å²) in [7, 11) is 0. The summed E-state index contributed by atoms with van der Waals surface area (Å²) in [5.41, 5.74) is 20.3. The molecule has 0 aliphatic carbocycles. The van der Waals surface area contributed by atoms with Crippen molar-refractivity contribution in [2.75, 3.05) is 0 Å². The predicted molar refractivity (Wildman–Crippen MR) is 243 cm³/mol. The van der Waals surface area contributed by atoms with E-state index in [0.29, 0.717) is 11.7 Å². The average Bonchev–Trinajstić information content (AvgIpc) is 3.82. The van der Waals surface area contributed by atoms with E-state index in [1.54, 1.807) is 0 Å². The van der Waals surface area contributed by atoms with Crippen LogP contribution in [0.15, 0.2) is 204 Å². The van der Waals surface area contributed by atoms with Crippen LogP contribution in [0.1, 0.15) is 40.8 Å². The molecular formula is C53H41N5. The van der Waals surface area contributed by atoms with Gasteiger partial charge in [0.25, 0.3) is 0 Å². The minimum absolute atomic E-state index is 0.0671. The first-order valence-electron chi connectivity index (χ1n) is 19.8.